The van der Waals surface area contributed by atoms with Crippen LogP contribution < -0.4 is 5.32 Å². The topological polar surface area (TPSA) is 130 Å². The number of aromatic nitrogens is 1. The summed E-state index contributed by atoms with van der Waals surface area (Å²) in [6.07, 6.45) is 0.490. The molecule has 3 aromatic rings. The minimum absolute atomic E-state index is 0.0402. The first-order chi connectivity index (χ1) is 22.9. The quantitative estimate of drug-likeness (QED) is 0.311. The van der Waals surface area contributed by atoms with Crippen molar-refractivity contribution in [2.75, 3.05) is 26.0 Å². The lowest BCUT2D eigenvalue weighted by molar-refractivity contribution is -0.148. The number of para-hydroxylation sites is 1. The summed E-state index contributed by atoms with van der Waals surface area (Å²) in [6, 6.07) is 7.75. The number of aromatic amines is 1. The molecule has 0 radical (unpaired) electrons. The van der Waals surface area contributed by atoms with Crippen molar-refractivity contribution in [3.8, 4) is 6.07 Å². The van der Waals surface area contributed by atoms with E-state index in [0.29, 0.717) is 17.3 Å². The summed E-state index contributed by atoms with van der Waals surface area (Å²) in [4.78, 5) is 62.3. The summed E-state index contributed by atoms with van der Waals surface area (Å²) >= 11 is 0. The average molecular weight is 679 g/mol. The molecule has 1 unspecified atom stereocenters. The third-order valence-corrected chi connectivity index (χ3v) is 9.58. The third kappa shape index (κ3) is 6.36. The summed E-state index contributed by atoms with van der Waals surface area (Å²) in [6.45, 7) is 9.39. The molecule has 2 aliphatic rings. The maximum Gasteiger partial charge on any atom is 0.270 e. The van der Waals surface area contributed by atoms with E-state index in [2.05, 4.69) is 16.4 Å². The molecular weight excluding hydrogens is 637 g/mol. The number of nitrogens with one attached hydrogen (secondary N) is 2. The van der Waals surface area contributed by atoms with Crippen molar-refractivity contribution in [3.63, 3.8) is 0 Å². The fourth-order valence-electron chi connectivity index (χ4n) is 7.04. The van der Waals surface area contributed by atoms with Crippen molar-refractivity contribution in [3.05, 3.63) is 65.1 Å². The number of nitriles is 1. The number of nitrogens with zero attached hydrogens (tertiary/aromatic N) is 4. The summed E-state index contributed by atoms with van der Waals surface area (Å²) < 4.78 is 42.8. The van der Waals surface area contributed by atoms with E-state index in [-0.39, 0.29) is 48.7 Å². The van der Waals surface area contributed by atoms with E-state index in [9.17, 15) is 37.6 Å². The maximum absolute atomic E-state index is 14.5. The molecule has 0 saturated carbocycles. The Morgan fingerprint density at radius 2 is 1.73 bits per heavy atom. The molecule has 2 N–H and O–H groups in total. The van der Waals surface area contributed by atoms with Crippen molar-refractivity contribution in [1.29, 1.82) is 5.26 Å². The van der Waals surface area contributed by atoms with E-state index in [4.69, 9.17) is 0 Å². The van der Waals surface area contributed by atoms with Crippen LogP contribution in [0.1, 0.15) is 69.9 Å². The number of fused-ring (bicyclic) bond motifs is 3. The molecule has 49 heavy (non-hydrogen) atoms. The molecule has 2 aliphatic heterocycles. The zero-order valence-electron chi connectivity index (χ0n) is 28.7. The van der Waals surface area contributed by atoms with Gasteiger partial charge in [-0.2, -0.15) is 5.26 Å². The van der Waals surface area contributed by atoms with E-state index >= 15 is 0 Å². The first kappa shape index (κ1) is 35.4. The number of likely N-dealkylation sites (N-methyl/N-ethyl adjacent to an activating group) is 2. The SMILES string of the molecule is CC(C)C[C@@H](C(=O)N1C[C@]2(C[C@H]1C#N)C(=O)Nc1ccccc12)N(C)C(=O)C(CC(C)(C)C)N(C)C(=O)c1cc2c(F)cc(F)c(F)c2[nH]1. The van der Waals surface area contributed by atoms with Crippen molar-refractivity contribution < 1.29 is 32.3 Å². The third-order valence-electron chi connectivity index (χ3n) is 9.58. The Morgan fingerprint density at radius 3 is 2.37 bits per heavy atom. The smallest absolute Gasteiger partial charge is 0.270 e. The van der Waals surface area contributed by atoms with Crippen LogP contribution in [-0.4, -0.2) is 82.1 Å². The van der Waals surface area contributed by atoms with Crippen LogP contribution in [0.4, 0.5) is 18.9 Å². The van der Waals surface area contributed by atoms with Gasteiger partial charge in [-0.25, -0.2) is 13.2 Å². The van der Waals surface area contributed by atoms with Crippen LogP contribution in [0.3, 0.4) is 0 Å². The number of benzene rings is 2. The number of hydrogen-bond acceptors (Lipinski definition) is 5. The Hall–Kier alpha value is -4.86. The van der Waals surface area contributed by atoms with Crippen LogP contribution in [-0.2, 0) is 19.8 Å². The fourth-order valence-corrected chi connectivity index (χ4v) is 7.04. The molecule has 0 aliphatic carbocycles. The number of hydrogen-bond donors (Lipinski definition) is 2. The number of anilines is 1. The maximum atomic E-state index is 14.5. The van der Waals surface area contributed by atoms with Crippen LogP contribution in [0.2, 0.25) is 0 Å². The standard InChI is InChI=1S/C36H41F3N6O4/c1-19(2)12-27(33(48)45-18-36(15-20(45)17-40)22-10-8-9-11-25(22)42-34(36)49)43(6)32(47)28(16-35(3,4)5)44(7)31(46)26-13-21-23(37)14-24(38)29(39)30(21)41-26/h8-11,13-14,19-20,27-28,41H,12,15-16,18H2,1-7H3,(H,42,49)/t20-,27-,28?,36-/m0/s1. The van der Waals surface area contributed by atoms with Crippen LogP contribution >= 0.6 is 0 Å². The van der Waals surface area contributed by atoms with Crippen LogP contribution in [0.5, 0.6) is 0 Å². The summed E-state index contributed by atoms with van der Waals surface area (Å²) in [5.41, 5.74) is -1.02. The van der Waals surface area contributed by atoms with Gasteiger partial charge in [0.05, 0.1) is 17.0 Å². The van der Waals surface area contributed by atoms with Gasteiger partial charge in [0.15, 0.2) is 11.6 Å². The van der Waals surface area contributed by atoms with Crippen molar-refractivity contribution in [2.45, 2.75) is 77.4 Å². The van der Waals surface area contributed by atoms with E-state index < -0.39 is 69.6 Å². The second-order valence-electron chi connectivity index (χ2n) is 14.8. The summed E-state index contributed by atoms with van der Waals surface area (Å²) in [7, 11) is 2.86. The molecule has 10 nitrogen and oxygen atoms in total. The predicted octanol–water partition coefficient (Wildman–Crippen LogP) is 5.35. The van der Waals surface area contributed by atoms with Gasteiger partial charge in [-0.1, -0.05) is 52.8 Å². The van der Waals surface area contributed by atoms with Gasteiger partial charge in [-0.05, 0) is 41.9 Å². The van der Waals surface area contributed by atoms with Gasteiger partial charge in [0.25, 0.3) is 5.91 Å². The van der Waals surface area contributed by atoms with E-state index in [1.165, 1.54) is 23.9 Å². The monoisotopic (exact) mass is 678 g/mol. The molecule has 2 aromatic carbocycles. The van der Waals surface area contributed by atoms with Gasteiger partial charge >= 0.3 is 0 Å². The Kier molecular flexibility index (Phi) is 9.31. The van der Waals surface area contributed by atoms with Crippen LogP contribution in [0.25, 0.3) is 10.9 Å². The summed E-state index contributed by atoms with van der Waals surface area (Å²) in [5, 5.41) is 12.7. The number of rotatable bonds is 8. The molecule has 4 atom stereocenters. The number of H-pyrrole nitrogens is 1. The van der Waals surface area contributed by atoms with Gasteiger partial charge in [0, 0.05) is 44.2 Å². The van der Waals surface area contributed by atoms with E-state index in [1.807, 2.05) is 40.7 Å². The number of amides is 4. The first-order valence-corrected chi connectivity index (χ1v) is 16.2. The Morgan fingerprint density at radius 1 is 1.06 bits per heavy atom. The number of carbonyl (C=O) groups is 4. The van der Waals surface area contributed by atoms with E-state index in [0.717, 1.165) is 11.0 Å². The molecule has 1 spiro atoms. The average Bonchev–Trinajstić information content (AvgIpc) is 3.74. The molecule has 3 heterocycles. The van der Waals surface area contributed by atoms with Crippen LogP contribution in [0.15, 0.2) is 36.4 Å². The van der Waals surface area contributed by atoms with Gasteiger partial charge in [-0.3, -0.25) is 19.2 Å². The van der Waals surface area contributed by atoms with Crippen molar-refractivity contribution in [1.82, 2.24) is 19.7 Å². The lowest BCUT2D eigenvalue weighted by Crippen LogP contribution is -2.57. The summed E-state index contributed by atoms with van der Waals surface area (Å²) in [5.74, 6) is -5.98. The Balaban J connectivity index is 1.47. The van der Waals surface area contributed by atoms with Crippen molar-refractivity contribution in [2.24, 2.45) is 11.3 Å². The highest BCUT2D eigenvalue weighted by Gasteiger charge is 2.57. The van der Waals surface area contributed by atoms with Gasteiger partial charge in [-0.15, -0.1) is 0 Å². The predicted molar refractivity (Wildman–Crippen MR) is 177 cm³/mol. The zero-order valence-corrected chi connectivity index (χ0v) is 28.7. The molecule has 5 rings (SSSR count). The largest absolute Gasteiger partial charge is 0.348 e. The number of halogens is 3. The highest BCUT2D eigenvalue weighted by molar-refractivity contribution is 6.07. The molecule has 0 bridgehead atoms. The lowest BCUT2D eigenvalue weighted by atomic mass is 9.80. The second kappa shape index (κ2) is 12.9. The molecule has 260 valence electrons. The second-order valence-corrected chi connectivity index (χ2v) is 14.8. The first-order valence-electron chi connectivity index (χ1n) is 16.2. The van der Waals surface area contributed by atoms with Crippen molar-refractivity contribution >= 4 is 40.2 Å². The van der Waals surface area contributed by atoms with Gasteiger partial charge in [0.2, 0.25) is 17.7 Å². The Bertz CT molecular complexity index is 1880. The highest BCUT2D eigenvalue weighted by atomic mass is 19.2. The molecule has 13 heteroatoms. The van der Waals surface area contributed by atoms with E-state index in [1.54, 1.807) is 18.2 Å². The minimum atomic E-state index is -1.41. The number of carbonyl (C=O) groups excluding carboxylic acids is 4. The lowest BCUT2D eigenvalue weighted by Gasteiger charge is -2.38. The fraction of sp³-hybridized carbons (Fsp3) is 0.472. The molecule has 4 amide bonds. The molecular formula is C36H41F3N6O4. The van der Waals surface area contributed by atoms with Crippen LogP contribution in [0, 0.1) is 40.1 Å². The van der Waals surface area contributed by atoms with Gasteiger partial charge in [0.1, 0.15) is 29.6 Å². The van der Waals surface area contributed by atoms with Gasteiger partial charge < -0.3 is 25.0 Å². The zero-order chi connectivity index (χ0) is 36.2. The molecule has 1 fully saturated rings. The minimum Gasteiger partial charge on any atom is -0.348 e. The Labute approximate surface area is 283 Å². The molecule has 1 saturated heterocycles. The molecule has 1 aromatic heterocycles. The number of likely N-dealkylation sites (tertiary alicyclic amines) is 1. The highest BCUT2D eigenvalue weighted by Crippen LogP contribution is 2.46. The normalized spacial score (nSPS) is 19.9.